The molecule has 0 aliphatic carbocycles. The average Bonchev–Trinajstić information content (AvgIpc) is 2.91. The quantitative estimate of drug-likeness (QED) is 0.383. The number of esters is 1. The van der Waals surface area contributed by atoms with Crippen molar-refractivity contribution in [2.45, 2.75) is 26.2 Å². The van der Waals surface area contributed by atoms with Crippen molar-refractivity contribution in [1.82, 2.24) is 4.98 Å². The van der Waals surface area contributed by atoms with E-state index in [-0.39, 0.29) is 36.4 Å². The van der Waals surface area contributed by atoms with Gasteiger partial charge >= 0.3 is 5.97 Å². The maximum atomic E-state index is 13.0. The smallest absolute Gasteiger partial charge is 0.338 e. The van der Waals surface area contributed by atoms with Gasteiger partial charge in [0.25, 0.3) is 0 Å². The van der Waals surface area contributed by atoms with E-state index in [1.807, 2.05) is 0 Å². The first-order valence-electron chi connectivity index (χ1n) is 14.0. The topological polar surface area (TPSA) is 94.3 Å². The first kappa shape index (κ1) is 15.7. The molecule has 0 unspecified atom stereocenters. The van der Waals surface area contributed by atoms with Gasteiger partial charge in [-0.1, -0.05) is 48.0 Å². The third-order valence-corrected chi connectivity index (χ3v) is 5.38. The zero-order chi connectivity index (χ0) is 29.9. The van der Waals surface area contributed by atoms with E-state index in [1.165, 1.54) is 12.3 Å². The van der Waals surface area contributed by atoms with E-state index in [0.29, 0.717) is 22.2 Å². The molecule has 6 heteroatoms. The molecule has 0 fully saturated rings. The Morgan fingerprint density at radius 1 is 1.06 bits per heavy atom. The van der Waals surface area contributed by atoms with Crippen LogP contribution in [0.15, 0.2) is 79.1 Å². The molecule has 6 nitrogen and oxygen atoms in total. The molecule has 1 atom stereocenters. The third-order valence-electron chi connectivity index (χ3n) is 5.38. The minimum atomic E-state index is -2.72. The van der Waals surface area contributed by atoms with Crippen LogP contribution in [0.2, 0.25) is 0 Å². The number of carbonyl (C=O) groups excluding carboxylic acids is 2. The van der Waals surface area contributed by atoms with Crippen LogP contribution in [0.5, 0.6) is 0 Å². The van der Waals surface area contributed by atoms with E-state index in [9.17, 15) is 9.59 Å². The SMILES string of the molecule is [2H]c1nccc2cc(NC(=O)[C@H](CN)c3ccc(COC(=O)c4ccc(C([2H])([2H])[2H])cc4C([2H])([2H])[2H])cc3)ccc12. The predicted octanol–water partition coefficient (Wildman–Crippen LogP) is 4.89. The van der Waals surface area contributed by atoms with Gasteiger partial charge in [-0.25, -0.2) is 4.79 Å². The number of nitrogens with two attached hydrogens (primary N) is 1. The molecule has 1 aromatic heterocycles. The van der Waals surface area contributed by atoms with Crippen LogP contribution < -0.4 is 11.1 Å². The minimum Gasteiger partial charge on any atom is -0.457 e. The number of aromatic nitrogens is 1. The Bertz CT molecular complexity index is 1590. The van der Waals surface area contributed by atoms with Gasteiger partial charge in [0.1, 0.15) is 6.61 Å². The first-order chi connectivity index (χ1) is 19.3. The van der Waals surface area contributed by atoms with Crippen LogP contribution in [0, 0.1) is 13.7 Å². The number of benzene rings is 3. The molecule has 1 heterocycles. The minimum absolute atomic E-state index is 0.0404. The molecule has 0 radical (unpaired) electrons. The van der Waals surface area contributed by atoms with Crippen LogP contribution in [0.4, 0.5) is 5.69 Å². The Morgan fingerprint density at radius 2 is 1.91 bits per heavy atom. The van der Waals surface area contributed by atoms with E-state index in [2.05, 4.69) is 10.3 Å². The predicted molar refractivity (Wildman–Crippen MR) is 134 cm³/mol. The second-order valence-corrected chi connectivity index (χ2v) is 7.71. The van der Waals surface area contributed by atoms with Gasteiger partial charge in [0.2, 0.25) is 5.91 Å². The van der Waals surface area contributed by atoms with E-state index >= 15 is 0 Å². The number of hydrogen-bond acceptors (Lipinski definition) is 5. The highest BCUT2D eigenvalue weighted by Crippen LogP contribution is 2.22. The second-order valence-electron chi connectivity index (χ2n) is 7.71. The fourth-order valence-corrected chi connectivity index (χ4v) is 3.52. The number of anilines is 1. The molecule has 3 aromatic carbocycles. The number of pyridine rings is 1. The molecule has 34 heavy (non-hydrogen) atoms. The summed E-state index contributed by atoms with van der Waals surface area (Å²) in [5.74, 6) is -1.88. The summed E-state index contributed by atoms with van der Waals surface area (Å²) in [5, 5.41) is 4.29. The normalized spacial score (nSPS) is 15.5. The van der Waals surface area contributed by atoms with Crippen LogP contribution >= 0.6 is 0 Å². The zero-order valence-electron chi connectivity index (χ0n) is 25.2. The lowest BCUT2D eigenvalue weighted by molar-refractivity contribution is -0.117. The molecule has 1 amide bonds. The van der Waals surface area contributed by atoms with Gasteiger partial charge in [0.05, 0.1) is 12.9 Å². The molecule has 0 saturated carbocycles. The molecule has 4 aromatic rings. The summed E-state index contributed by atoms with van der Waals surface area (Å²) in [6, 6.07) is 17.0. The molecule has 172 valence electrons. The molecule has 0 aliphatic heterocycles. The second kappa shape index (κ2) is 10.3. The average molecular weight is 461 g/mol. The highest BCUT2D eigenvalue weighted by molar-refractivity contribution is 5.98. The van der Waals surface area contributed by atoms with Gasteiger partial charge in [0, 0.05) is 38.2 Å². The van der Waals surface area contributed by atoms with Gasteiger partial charge in [-0.05, 0) is 60.0 Å². The van der Waals surface area contributed by atoms with Gasteiger partial charge in [-0.15, -0.1) is 0 Å². The van der Waals surface area contributed by atoms with Crippen LogP contribution in [0.25, 0.3) is 10.8 Å². The molecule has 0 aliphatic rings. The number of nitrogens with zero attached hydrogens (tertiary/aromatic N) is 1. The summed E-state index contributed by atoms with van der Waals surface area (Å²) < 4.78 is 58.9. The number of hydrogen-bond donors (Lipinski definition) is 2. The molecule has 3 N–H and O–H groups in total. The monoisotopic (exact) mass is 460 g/mol. The summed E-state index contributed by atoms with van der Waals surface area (Å²) >= 11 is 0. The molecular weight excluding hydrogens is 426 g/mol. The Balaban J connectivity index is 1.43. The Morgan fingerprint density at radius 3 is 2.68 bits per heavy atom. The van der Waals surface area contributed by atoms with Crippen molar-refractivity contribution < 1.29 is 23.9 Å². The number of ether oxygens (including phenoxy) is 1. The van der Waals surface area contributed by atoms with Gasteiger partial charge in [0.15, 0.2) is 0 Å². The Kier molecular flexibility index (Phi) is 4.76. The summed E-state index contributed by atoms with van der Waals surface area (Å²) in [5.41, 5.74) is 6.87. The van der Waals surface area contributed by atoms with Crippen molar-refractivity contribution in [3.63, 3.8) is 0 Å². The molecular formula is C28H27N3O3. The van der Waals surface area contributed by atoms with Crippen molar-refractivity contribution in [2.24, 2.45) is 5.73 Å². The number of rotatable bonds is 7. The lowest BCUT2D eigenvalue weighted by atomic mass is 9.97. The number of carbonyl (C=O) groups is 2. The van der Waals surface area contributed by atoms with Crippen LogP contribution in [-0.2, 0) is 16.1 Å². The third kappa shape index (κ3) is 5.30. The number of fused-ring (bicyclic) bond motifs is 1. The largest absolute Gasteiger partial charge is 0.457 e. The zero-order valence-corrected chi connectivity index (χ0v) is 18.2. The maximum absolute atomic E-state index is 13.0. The van der Waals surface area contributed by atoms with Crippen molar-refractivity contribution in [3.05, 3.63) is 107 Å². The highest BCUT2D eigenvalue weighted by Gasteiger charge is 2.19. The van der Waals surface area contributed by atoms with E-state index < -0.39 is 31.2 Å². The van der Waals surface area contributed by atoms with Crippen molar-refractivity contribution in [1.29, 1.82) is 0 Å². The highest BCUT2D eigenvalue weighted by atomic mass is 16.5. The lowest BCUT2D eigenvalue weighted by Gasteiger charge is -2.16. The fourth-order valence-electron chi connectivity index (χ4n) is 3.52. The van der Waals surface area contributed by atoms with E-state index in [0.717, 1.165) is 17.5 Å². The van der Waals surface area contributed by atoms with Crippen LogP contribution in [0.3, 0.4) is 0 Å². The molecule has 0 spiro atoms. The standard InChI is InChI=1S/C28H27N3O3/c1-18-3-10-25(19(2)13-18)28(33)34-17-20-4-6-21(7-5-20)26(15-29)27(32)31-24-9-8-23-16-30-12-11-22(23)14-24/h3-14,16,26H,15,17,29H2,1-2H3,(H,31,32)/t26-/m1/s1/i1D3,2D3,16D. The van der Waals surface area contributed by atoms with E-state index in [1.54, 1.807) is 48.5 Å². The molecule has 0 saturated heterocycles. The van der Waals surface area contributed by atoms with Gasteiger partial charge in [-0.3, -0.25) is 9.78 Å². The number of amides is 1. The van der Waals surface area contributed by atoms with Crippen molar-refractivity contribution in [3.8, 4) is 0 Å². The van der Waals surface area contributed by atoms with Crippen LogP contribution in [0.1, 0.15) is 48.1 Å². The van der Waals surface area contributed by atoms with E-state index in [4.69, 9.17) is 20.1 Å². The Labute approximate surface area is 208 Å². The van der Waals surface area contributed by atoms with Gasteiger partial charge < -0.3 is 15.8 Å². The van der Waals surface area contributed by atoms with Crippen molar-refractivity contribution >= 4 is 28.3 Å². The molecule has 4 rings (SSSR count). The number of nitrogens with one attached hydrogen (secondary N) is 1. The summed E-state index contributed by atoms with van der Waals surface area (Å²) in [4.78, 5) is 29.7. The van der Waals surface area contributed by atoms with Gasteiger partial charge in [-0.2, -0.15) is 0 Å². The lowest BCUT2D eigenvalue weighted by Crippen LogP contribution is -2.27. The first-order valence-corrected chi connectivity index (χ1v) is 10.5. The van der Waals surface area contributed by atoms with Crippen LogP contribution in [-0.4, -0.2) is 23.4 Å². The fraction of sp³-hybridized carbons (Fsp3) is 0.179. The summed E-state index contributed by atoms with van der Waals surface area (Å²) in [6.45, 7) is -5.38. The summed E-state index contributed by atoms with van der Waals surface area (Å²) in [6.07, 6.45) is 1.68. The number of aryl methyl sites for hydroxylation is 2. The Hall–Kier alpha value is -4.03. The summed E-state index contributed by atoms with van der Waals surface area (Å²) in [7, 11) is 0. The molecule has 0 bridgehead atoms. The maximum Gasteiger partial charge on any atom is 0.338 e. The van der Waals surface area contributed by atoms with Crippen molar-refractivity contribution in [2.75, 3.05) is 11.9 Å².